The summed E-state index contributed by atoms with van der Waals surface area (Å²) in [5.74, 6) is -1.04. The number of carbonyl (C=O) groups is 1. The van der Waals surface area contributed by atoms with Gasteiger partial charge in [0.15, 0.2) is 5.75 Å². The summed E-state index contributed by atoms with van der Waals surface area (Å²) in [6.45, 7) is 0. The number of halogens is 2. The van der Waals surface area contributed by atoms with Crippen LogP contribution in [0.4, 0.5) is 5.69 Å². The van der Waals surface area contributed by atoms with Crippen molar-refractivity contribution in [1.82, 2.24) is 19.7 Å². The number of nitrogens with zero attached hydrogens (tertiary/aromatic N) is 3. The monoisotopic (exact) mass is 419 g/mol. The Hall–Kier alpha value is -3.30. The summed E-state index contributed by atoms with van der Waals surface area (Å²) < 4.78 is 12.0. The lowest BCUT2D eigenvalue weighted by molar-refractivity contribution is 0.101. The molecule has 4 aromatic rings. The topological polar surface area (TPSA) is 115 Å². The van der Waals surface area contributed by atoms with E-state index in [2.05, 4.69) is 25.0 Å². The van der Waals surface area contributed by atoms with Crippen molar-refractivity contribution in [3.63, 3.8) is 0 Å². The molecule has 0 bridgehead atoms. The van der Waals surface area contributed by atoms with E-state index in [4.69, 9.17) is 27.9 Å². The fourth-order valence-corrected chi connectivity index (χ4v) is 3.10. The van der Waals surface area contributed by atoms with Gasteiger partial charge >= 0.3 is 5.76 Å². The summed E-state index contributed by atoms with van der Waals surface area (Å²) in [6.07, 6.45) is 1.70. The Morgan fingerprint density at radius 1 is 1.25 bits per heavy atom. The molecule has 0 fully saturated rings. The van der Waals surface area contributed by atoms with Crippen molar-refractivity contribution in [2.24, 2.45) is 7.05 Å². The van der Waals surface area contributed by atoms with Crippen LogP contribution in [0.25, 0.3) is 11.0 Å². The molecule has 2 aromatic carbocycles. The number of rotatable bonds is 4. The molecule has 142 valence electrons. The number of hydrogen-bond donors (Lipinski definition) is 2. The van der Waals surface area contributed by atoms with Crippen LogP contribution in [0.15, 0.2) is 46.0 Å². The number of aryl methyl sites for hydroxylation is 1. The number of nitrogens with one attached hydrogen (secondary N) is 2. The highest BCUT2D eigenvalue weighted by Crippen LogP contribution is 2.39. The zero-order valence-electron chi connectivity index (χ0n) is 14.2. The third-order valence-corrected chi connectivity index (χ3v) is 4.39. The van der Waals surface area contributed by atoms with Crippen molar-refractivity contribution in [2.75, 3.05) is 5.32 Å². The standard InChI is InChI=1S/C17H11Cl2N5O4/c1-24-7-20-12-3-2-9(6-13(12)24)27-14-10(18)4-8(5-11(14)19)21-16(25)15-22-17(26)28-23-15/h2-7H,1H3,(H,21,25)(H,22,23,26). The molecule has 0 aliphatic rings. The van der Waals surface area contributed by atoms with Crippen LogP contribution in [-0.4, -0.2) is 25.6 Å². The highest BCUT2D eigenvalue weighted by Gasteiger charge is 2.16. The molecule has 0 aliphatic carbocycles. The average molecular weight is 420 g/mol. The lowest BCUT2D eigenvalue weighted by atomic mass is 10.2. The van der Waals surface area contributed by atoms with E-state index in [9.17, 15) is 9.59 Å². The first-order chi connectivity index (χ1) is 13.4. The predicted molar refractivity (Wildman–Crippen MR) is 102 cm³/mol. The number of ether oxygens (including phenoxy) is 1. The van der Waals surface area contributed by atoms with Gasteiger partial charge in [0.1, 0.15) is 5.75 Å². The molecule has 0 saturated carbocycles. The van der Waals surface area contributed by atoms with Crippen molar-refractivity contribution < 1.29 is 14.1 Å². The lowest BCUT2D eigenvalue weighted by Crippen LogP contribution is -2.14. The smallest absolute Gasteiger partial charge is 0.439 e. The molecular formula is C17H11Cl2N5O4. The maximum absolute atomic E-state index is 12.0. The van der Waals surface area contributed by atoms with E-state index in [-0.39, 0.29) is 21.6 Å². The summed E-state index contributed by atoms with van der Waals surface area (Å²) in [6, 6.07) is 8.30. The molecule has 0 atom stereocenters. The van der Waals surface area contributed by atoms with Gasteiger partial charge < -0.3 is 14.6 Å². The number of fused-ring (bicyclic) bond motifs is 1. The molecule has 4 rings (SSSR count). The molecule has 0 saturated heterocycles. The number of aromatic amines is 1. The minimum Gasteiger partial charge on any atom is -0.454 e. The van der Waals surface area contributed by atoms with Gasteiger partial charge in [0.05, 0.1) is 27.4 Å². The Kier molecular flexibility index (Phi) is 4.54. The molecule has 0 aliphatic heterocycles. The van der Waals surface area contributed by atoms with Crippen molar-refractivity contribution in [1.29, 1.82) is 0 Å². The van der Waals surface area contributed by atoms with Crippen LogP contribution in [0.2, 0.25) is 10.0 Å². The van der Waals surface area contributed by atoms with E-state index >= 15 is 0 Å². The highest BCUT2D eigenvalue weighted by molar-refractivity contribution is 6.37. The van der Waals surface area contributed by atoms with Crippen LogP contribution in [-0.2, 0) is 7.05 Å². The van der Waals surface area contributed by atoms with E-state index in [1.54, 1.807) is 12.4 Å². The number of carbonyl (C=O) groups excluding carboxylic acids is 1. The third-order valence-electron chi connectivity index (χ3n) is 3.83. The van der Waals surface area contributed by atoms with Gasteiger partial charge in [0.25, 0.3) is 5.91 Å². The van der Waals surface area contributed by atoms with Gasteiger partial charge in [-0.3, -0.25) is 14.3 Å². The van der Waals surface area contributed by atoms with Crippen molar-refractivity contribution in [2.45, 2.75) is 0 Å². The van der Waals surface area contributed by atoms with Crippen molar-refractivity contribution >= 4 is 45.8 Å². The Labute approximate surface area is 166 Å². The van der Waals surface area contributed by atoms with E-state index in [1.807, 2.05) is 23.7 Å². The number of hydrogen-bond acceptors (Lipinski definition) is 6. The van der Waals surface area contributed by atoms with E-state index in [1.165, 1.54) is 12.1 Å². The SMILES string of the molecule is Cn1cnc2ccc(Oc3c(Cl)cc(NC(=O)c4noc(=O)[nH]4)cc3Cl)cc21. The van der Waals surface area contributed by atoms with Gasteiger partial charge in [0, 0.05) is 18.8 Å². The molecule has 0 radical (unpaired) electrons. The number of aromatic nitrogens is 4. The normalized spacial score (nSPS) is 11.0. The second-order valence-corrected chi connectivity index (χ2v) is 6.59. The molecule has 2 N–H and O–H groups in total. The number of anilines is 1. The fourth-order valence-electron chi connectivity index (χ4n) is 2.53. The third kappa shape index (κ3) is 3.45. The zero-order valence-corrected chi connectivity index (χ0v) is 15.7. The van der Waals surface area contributed by atoms with Gasteiger partial charge in [-0.15, -0.1) is 0 Å². The number of amides is 1. The van der Waals surface area contributed by atoms with Crippen LogP contribution in [0, 0.1) is 0 Å². The molecule has 9 nitrogen and oxygen atoms in total. The lowest BCUT2D eigenvalue weighted by Gasteiger charge is -2.12. The zero-order chi connectivity index (χ0) is 19.8. The van der Waals surface area contributed by atoms with Gasteiger partial charge in [0.2, 0.25) is 5.82 Å². The van der Waals surface area contributed by atoms with E-state index in [0.29, 0.717) is 11.4 Å². The quantitative estimate of drug-likeness (QED) is 0.521. The second-order valence-electron chi connectivity index (χ2n) is 5.77. The highest BCUT2D eigenvalue weighted by atomic mass is 35.5. The fraction of sp³-hybridized carbons (Fsp3) is 0.0588. The van der Waals surface area contributed by atoms with Gasteiger partial charge in [-0.05, 0) is 29.4 Å². The number of H-pyrrole nitrogens is 1. The minimum absolute atomic E-state index is 0.182. The first-order valence-corrected chi connectivity index (χ1v) is 8.61. The number of benzene rings is 2. The summed E-state index contributed by atoms with van der Waals surface area (Å²) in [4.78, 5) is 29.3. The average Bonchev–Trinajstić information content (AvgIpc) is 3.24. The Bertz CT molecular complexity index is 1240. The minimum atomic E-state index is -0.838. The predicted octanol–water partition coefficient (Wildman–Crippen LogP) is 3.60. The van der Waals surface area contributed by atoms with E-state index < -0.39 is 11.7 Å². The van der Waals surface area contributed by atoms with Crippen LogP contribution in [0.5, 0.6) is 11.5 Å². The first-order valence-electron chi connectivity index (χ1n) is 7.86. The summed E-state index contributed by atoms with van der Waals surface area (Å²) >= 11 is 12.6. The maximum atomic E-state index is 12.0. The van der Waals surface area contributed by atoms with Gasteiger partial charge in [-0.25, -0.2) is 9.78 Å². The van der Waals surface area contributed by atoms with Crippen LogP contribution >= 0.6 is 23.2 Å². The molecule has 2 heterocycles. The largest absolute Gasteiger partial charge is 0.454 e. The Morgan fingerprint density at radius 3 is 2.68 bits per heavy atom. The molecular weight excluding hydrogens is 409 g/mol. The first kappa shape index (κ1) is 18.1. The number of imidazole rings is 1. The Balaban J connectivity index is 1.59. The van der Waals surface area contributed by atoms with Gasteiger partial charge in [-0.2, -0.15) is 0 Å². The van der Waals surface area contributed by atoms with Crippen LogP contribution < -0.4 is 15.8 Å². The molecule has 0 spiro atoms. The van der Waals surface area contributed by atoms with Crippen molar-refractivity contribution in [3.8, 4) is 11.5 Å². The Morgan fingerprint density at radius 2 is 2.00 bits per heavy atom. The second kappa shape index (κ2) is 7.02. The van der Waals surface area contributed by atoms with E-state index in [0.717, 1.165) is 11.0 Å². The molecule has 28 heavy (non-hydrogen) atoms. The van der Waals surface area contributed by atoms with Crippen molar-refractivity contribution in [3.05, 3.63) is 63.1 Å². The molecule has 1 amide bonds. The summed E-state index contributed by atoms with van der Waals surface area (Å²) in [7, 11) is 1.87. The molecule has 2 aromatic heterocycles. The molecule has 11 heteroatoms. The van der Waals surface area contributed by atoms with Gasteiger partial charge in [-0.1, -0.05) is 23.2 Å². The van der Waals surface area contributed by atoms with Crippen LogP contribution in [0.1, 0.15) is 10.6 Å². The summed E-state index contributed by atoms with van der Waals surface area (Å²) in [5.41, 5.74) is 2.00. The van der Waals surface area contributed by atoms with Crippen LogP contribution in [0.3, 0.4) is 0 Å². The summed E-state index contributed by atoms with van der Waals surface area (Å²) in [5, 5.41) is 6.17. The molecule has 0 unspecified atom stereocenters. The maximum Gasteiger partial charge on any atom is 0.439 e.